The Bertz CT molecular complexity index is 1130. The Hall–Kier alpha value is -2.02. The summed E-state index contributed by atoms with van der Waals surface area (Å²) in [5, 5.41) is 10.9. The fourth-order valence-electron chi connectivity index (χ4n) is 4.93. The van der Waals surface area contributed by atoms with Gasteiger partial charge in [0.2, 0.25) is 0 Å². The maximum absolute atomic E-state index is 13.0. The van der Waals surface area contributed by atoms with Crippen molar-refractivity contribution in [3.63, 3.8) is 0 Å². The van der Waals surface area contributed by atoms with Crippen molar-refractivity contribution in [2.45, 2.75) is 57.5 Å². The predicted molar refractivity (Wildman–Crippen MR) is 105 cm³/mol. The summed E-state index contributed by atoms with van der Waals surface area (Å²) in [5.74, 6) is -0.265. The summed E-state index contributed by atoms with van der Waals surface area (Å²) < 4.78 is 33.3. The average Bonchev–Trinajstić information content (AvgIpc) is 3.33. The highest BCUT2D eigenvalue weighted by Crippen LogP contribution is 2.65. The van der Waals surface area contributed by atoms with Gasteiger partial charge in [-0.05, 0) is 81.4 Å². The third-order valence-corrected chi connectivity index (χ3v) is 7.68. The van der Waals surface area contributed by atoms with Gasteiger partial charge in [0, 0.05) is 11.0 Å². The fraction of sp³-hybridized carbons (Fsp3) is 0.409. The lowest BCUT2D eigenvalue weighted by molar-refractivity contribution is -0.137. The number of aryl methyl sites for hydroxylation is 1. The second kappa shape index (κ2) is 5.75. The highest BCUT2D eigenvalue weighted by molar-refractivity contribution is 7.85. The Labute approximate surface area is 165 Å². The second-order valence-corrected chi connectivity index (χ2v) is 9.86. The van der Waals surface area contributed by atoms with Gasteiger partial charge < -0.3 is 5.11 Å². The summed E-state index contributed by atoms with van der Waals surface area (Å²) in [4.78, 5) is 12.9. The fourth-order valence-corrected chi connectivity index (χ4v) is 5.63. The topological polar surface area (TPSA) is 91.7 Å². The number of hydrogen-bond acceptors (Lipinski definition) is 4. The molecule has 3 aliphatic carbocycles. The van der Waals surface area contributed by atoms with Crippen LogP contribution in [0.15, 0.2) is 57.0 Å². The molecule has 4 rings (SSSR count). The maximum Gasteiger partial charge on any atom is 0.294 e. The largest absolute Gasteiger partial charge is 0.381 e. The number of hydrogen-bond donors (Lipinski definition) is 2. The lowest BCUT2D eigenvalue weighted by Gasteiger charge is -2.39. The molecule has 148 valence electrons. The van der Waals surface area contributed by atoms with E-state index in [2.05, 4.69) is 0 Å². The standard InChI is InChI=1S/C22H24O5S/c1-12-5-6-18(28(25,26)27)15(9-12)11-16-13(2)10-17-19(16)14(3)22(7-8-22)21(4,24)20(17)23/h5-6,9-10,24H,7-8,11H2,1-4H3,(H,25,26,27)/t21-/m0/s1. The van der Waals surface area contributed by atoms with Crippen molar-refractivity contribution in [3.05, 3.63) is 63.3 Å². The first kappa shape index (κ1) is 19.3. The first-order valence-corrected chi connectivity index (χ1v) is 10.8. The van der Waals surface area contributed by atoms with Crippen LogP contribution < -0.4 is 0 Å². The molecule has 0 heterocycles. The minimum absolute atomic E-state index is 0.111. The van der Waals surface area contributed by atoms with Crippen LogP contribution in [0.25, 0.3) is 0 Å². The molecule has 6 heteroatoms. The number of carbonyl (C=O) groups is 1. The van der Waals surface area contributed by atoms with E-state index in [4.69, 9.17) is 0 Å². The van der Waals surface area contributed by atoms with Crippen LogP contribution in [0.5, 0.6) is 0 Å². The van der Waals surface area contributed by atoms with Crippen LogP contribution in [-0.4, -0.2) is 29.5 Å². The highest BCUT2D eigenvalue weighted by Gasteiger charge is 2.65. The third kappa shape index (κ3) is 2.51. The van der Waals surface area contributed by atoms with Crippen molar-refractivity contribution in [2.24, 2.45) is 5.41 Å². The molecule has 1 saturated carbocycles. The highest BCUT2D eigenvalue weighted by atomic mass is 32.2. The van der Waals surface area contributed by atoms with Gasteiger partial charge in [-0.15, -0.1) is 0 Å². The number of benzene rings is 1. The van der Waals surface area contributed by atoms with E-state index < -0.39 is 21.1 Å². The normalized spacial score (nSPS) is 26.1. The number of Topliss-reactive ketones (excluding diaryl/α,β-unsaturated/α-hetero) is 1. The molecule has 1 spiro atoms. The number of carbonyl (C=O) groups excluding carboxylic acids is 1. The van der Waals surface area contributed by atoms with E-state index in [1.54, 1.807) is 25.1 Å². The van der Waals surface area contributed by atoms with Gasteiger partial charge >= 0.3 is 0 Å². The summed E-state index contributed by atoms with van der Waals surface area (Å²) in [6.07, 6.45) is 3.62. The lowest BCUT2D eigenvalue weighted by Crippen LogP contribution is -2.49. The van der Waals surface area contributed by atoms with E-state index in [1.165, 1.54) is 6.07 Å². The van der Waals surface area contributed by atoms with Gasteiger partial charge in [0.15, 0.2) is 5.78 Å². The molecule has 0 bridgehead atoms. The molecule has 0 aliphatic heterocycles. The molecule has 28 heavy (non-hydrogen) atoms. The van der Waals surface area contributed by atoms with Gasteiger partial charge in [-0.25, -0.2) is 0 Å². The van der Waals surface area contributed by atoms with Crippen molar-refractivity contribution in [1.82, 2.24) is 0 Å². The first-order chi connectivity index (χ1) is 12.9. The number of ketones is 1. The molecule has 1 fully saturated rings. The average molecular weight is 400 g/mol. The van der Waals surface area contributed by atoms with Crippen molar-refractivity contribution in [2.75, 3.05) is 0 Å². The Morgan fingerprint density at radius 1 is 1.14 bits per heavy atom. The minimum Gasteiger partial charge on any atom is -0.381 e. The number of fused-ring (bicyclic) bond motifs is 1. The Balaban J connectivity index is 1.86. The molecular formula is C22H24O5S. The van der Waals surface area contributed by atoms with Crippen LogP contribution in [0.3, 0.4) is 0 Å². The molecule has 1 atom stereocenters. The Morgan fingerprint density at radius 3 is 2.36 bits per heavy atom. The monoisotopic (exact) mass is 400 g/mol. The quantitative estimate of drug-likeness (QED) is 0.758. The number of allylic oxidation sites excluding steroid dienone is 4. The summed E-state index contributed by atoms with van der Waals surface area (Å²) >= 11 is 0. The van der Waals surface area contributed by atoms with Gasteiger partial charge in [-0.1, -0.05) is 23.3 Å². The van der Waals surface area contributed by atoms with Gasteiger partial charge in [-0.2, -0.15) is 8.42 Å². The van der Waals surface area contributed by atoms with E-state index in [0.29, 0.717) is 17.6 Å². The number of rotatable bonds is 3. The molecule has 0 unspecified atom stereocenters. The van der Waals surface area contributed by atoms with Gasteiger partial charge in [0.05, 0.1) is 4.90 Å². The molecular weight excluding hydrogens is 376 g/mol. The summed E-state index contributed by atoms with van der Waals surface area (Å²) in [5.41, 5.74) is 3.57. The van der Waals surface area contributed by atoms with Gasteiger partial charge in [0.1, 0.15) is 5.60 Å². The van der Waals surface area contributed by atoms with E-state index in [9.17, 15) is 22.9 Å². The zero-order chi connectivity index (χ0) is 20.6. The molecule has 0 aromatic heterocycles. The van der Waals surface area contributed by atoms with Crippen LogP contribution in [0, 0.1) is 12.3 Å². The van der Waals surface area contributed by atoms with Crippen LogP contribution in [0.1, 0.15) is 44.7 Å². The molecule has 1 aromatic rings. The van der Waals surface area contributed by atoms with Crippen LogP contribution in [0.4, 0.5) is 0 Å². The van der Waals surface area contributed by atoms with Crippen molar-refractivity contribution in [1.29, 1.82) is 0 Å². The van der Waals surface area contributed by atoms with Crippen LogP contribution in [-0.2, 0) is 21.3 Å². The minimum atomic E-state index is -4.35. The summed E-state index contributed by atoms with van der Waals surface area (Å²) in [6.45, 7) is 7.33. The summed E-state index contributed by atoms with van der Waals surface area (Å²) in [6, 6.07) is 4.82. The molecule has 0 saturated heterocycles. The molecule has 3 aliphatic rings. The summed E-state index contributed by atoms with van der Waals surface area (Å²) in [7, 11) is -4.35. The molecule has 0 amide bonds. The smallest absolute Gasteiger partial charge is 0.294 e. The molecule has 0 radical (unpaired) electrons. The lowest BCUT2D eigenvalue weighted by atomic mass is 9.67. The molecule has 2 N–H and O–H groups in total. The Morgan fingerprint density at radius 2 is 1.79 bits per heavy atom. The Kier molecular flexibility index (Phi) is 3.96. The maximum atomic E-state index is 13.0. The zero-order valence-electron chi connectivity index (χ0n) is 16.5. The third-order valence-electron chi connectivity index (χ3n) is 6.73. The predicted octanol–water partition coefficient (Wildman–Crippen LogP) is 3.47. The van der Waals surface area contributed by atoms with Crippen molar-refractivity contribution in [3.8, 4) is 0 Å². The first-order valence-electron chi connectivity index (χ1n) is 9.38. The van der Waals surface area contributed by atoms with E-state index in [0.717, 1.165) is 40.7 Å². The second-order valence-electron chi connectivity index (χ2n) is 8.47. The van der Waals surface area contributed by atoms with Crippen LogP contribution in [0.2, 0.25) is 0 Å². The van der Waals surface area contributed by atoms with Crippen molar-refractivity contribution < 1.29 is 22.9 Å². The SMILES string of the molecule is CC1=C(Cc2cc(C)ccc2S(=O)(=O)O)C2=C(C)C3(CC3)[C@@](C)(O)C(=O)C2=C1. The van der Waals surface area contributed by atoms with Crippen molar-refractivity contribution >= 4 is 15.9 Å². The van der Waals surface area contributed by atoms with E-state index in [-0.39, 0.29) is 10.7 Å². The number of aliphatic hydroxyl groups is 1. The molecule has 5 nitrogen and oxygen atoms in total. The van der Waals surface area contributed by atoms with Gasteiger partial charge in [-0.3, -0.25) is 9.35 Å². The van der Waals surface area contributed by atoms with E-state index in [1.807, 2.05) is 20.8 Å². The zero-order valence-corrected chi connectivity index (χ0v) is 17.3. The molecule has 1 aromatic carbocycles. The van der Waals surface area contributed by atoms with E-state index >= 15 is 0 Å². The van der Waals surface area contributed by atoms with Crippen LogP contribution >= 0.6 is 0 Å². The van der Waals surface area contributed by atoms with Gasteiger partial charge in [0.25, 0.3) is 10.1 Å².